The van der Waals surface area contributed by atoms with Gasteiger partial charge in [-0.3, -0.25) is 9.59 Å². The summed E-state index contributed by atoms with van der Waals surface area (Å²) in [6.07, 6.45) is 4.77. The molecule has 20 heavy (non-hydrogen) atoms. The van der Waals surface area contributed by atoms with Crippen LogP contribution in [0.15, 0.2) is 30.3 Å². The Bertz CT molecular complexity index is 506. The lowest BCUT2D eigenvalue weighted by atomic mass is 9.78. The molecular formula is C16H20N2O2. The van der Waals surface area contributed by atoms with Crippen molar-refractivity contribution in [1.82, 2.24) is 10.2 Å². The first-order valence-corrected chi connectivity index (χ1v) is 7.35. The Hall–Kier alpha value is -1.84. The average molecular weight is 272 g/mol. The summed E-state index contributed by atoms with van der Waals surface area (Å²) >= 11 is 0. The third kappa shape index (κ3) is 2.19. The van der Waals surface area contributed by atoms with Crippen molar-refractivity contribution < 1.29 is 9.59 Å². The summed E-state index contributed by atoms with van der Waals surface area (Å²) in [7, 11) is 0. The van der Waals surface area contributed by atoms with Gasteiger partial charge in [0.25, 0.3) is 0 Å². The number of carbonyl (C=O) groups is 2. The van der Waals surface area contributed by atoms with Crippen molar-refractivity contribution in [3.63, 3.8) is 0 Å². The standard InChI is InChI=1S/C16H20N2O2/c19-14-11-17-15(20)16(9-5-2-6-10-16)18(14)12-13-7-3-1-4-8-13/h1,3-4,7-8H,2,5-6,9-12H2,(H,17,20). The van der Waals surface area contributed by atoms with Gasteiger partial charge in [-0.1, -0.05) is 49.6 Å². The summed E-state index contributed by atoms with van der Waals surface area (Å²) in [5, 5.41) is 2.78. The molecule has 4 nitrogen and oxygen atoms in total. The van der Waals surface area contributed by atoms with Crippen LogP contribution < -0.4 is 5.32 Å². The molecule has 1 aliphatic carbocycles. The number of nitrogens with one attached hydrogen (secondary N) is 1. The number of rotatable bonds is 2. The maximum absolute atomic E-state index is 12.4. The summed E-state index contributed by atoms with van der Waals surface area (Å²) < 4.78 is 0. The van der Waals surface area contributed by atoms with Gasteiger partial charge in [0.2, 0.25) is 11.8 Å². The van der Waals surface area contributed by atoms with Crippen LogP contribution in [0, 0.1) is 0 Å². The van der Waals surface area contributed by atoms with Crippen molar-refractivity contribution in [1.29, 1.82) is 0 Å². The van der Waals surface area contributed by atoms with Crippen LogP contribution in [-0.4, -0.2) is 28.8 Å². The molecule has 1 N–H and O–H groups in total. The summed E-state index contributed by atoms with van der Waals surface area (Å²) in [4.78, 5) is 26.6. The highest BCUT2D eigenvalue weighted by atomic mass is 16.2. The molecule has 1 spiro atoms. The zero-order valence-corrected chi connectivity index (χ0v) is 11.6. The Labute approximate surface area is 119 Å². The van der Waals surface area contributed by atoms with E-state index in [-0.39, 0.29) is 18.4 Å². The minimum absolute atomic E-state index is 0.0349. The molecule has 3 rings (SSSR count). The Balaban J connectivity index is 1.90. The van der Waals surface area contributed by atoms with Crippen molar-refractivity contribution in [2.45, 2.75) is 44.2 Å². The second kappa shape index (κ2) is 5.27. The van der Waals surface area contributed by atoms with Gasteiger partial charge in [-0.25, -0.2) is 0 Å². The van der Waals surface area contributed by atoms with E-state index >= 15 is 0 Å². The predicted octanol–water partition coefficient (Wildman–Crippen LogP) is 1.85. The summed E-state index contributed by atoms with van der Waals surface area (Å²) in [6.45, 7) is 0.667. The van der Waals surface area contributed by atoms with E-state index in [1.54, 1.807) is 0 Å². The fourth-order valence-corrected chi connectivity index (χ4v) is 3.42. The van der Waals surface area contributed by atoms with Crippen molar-refractivity contribution in [3.8, 4) is 0 Å². The maximum Gasteiger partial charge on any atom is 0.246 e. The average Bonchev–Trinajstić information content (AvgIpc) is 2.50. The van der Waals surface area contributed by atoms with E-state index < -0.39 is 5.54 Å². The van der Waals surface area contributed by atoms with Crippen LogP contribution in [-0.2, 0) is 16.1 Å². The Morgan fingerprint density at radius 2 is 1.75 bits per heavy atom. The quantitative estimate of drug-likeness (QED) is 0.893. The zero-order chi connectivity index (χ0) is 14.0. The largest absolute Gasteiger partial charge is 0.345 e. The highest BCUT2D eigenvalue weighted by Crippen LogP contribution is 2.36. The van der Waals surface area contributed by atoms with Crippen molar-refractivity contribution in [3.05, 3.63) is 35.9 Å². The highest BCUT2D eigenvalue weighted by molar-refractivity contribution is 5.98. The molecule has 1 heterocycles. The Kier molecular flexibility index (Phi) is 3.47. The second-order valence-electron chi connectivity index (χ2n) is 5.74. The molecule has 2 amide bonds. The molecule has 0 atom stereocenters. The van der Waals surface area contributed by atoms with Gasteiger partial charge >= 0.3 is 0 Å². The molecule has 1 aromatic rings. The Morgan fingerprint density at radius 1 is 1.05 bits per heavy atom. The van der Waals surface area contributed by atoms with E-state index in [1.807, 2.05) is 35.2 Å². The maximum atomic E-state index is 12.4. The van der Waals surface area contributed by atoms with Crippen LogP contribution >= 0.6 is 0 Å². The van der Waals surface area contributed by atoms with Gasteiger partial charge in [-0.05, 0) is 18.4 Å². The molecule has 4 heteroatoms. The molecule has 1 saturated heterocycles. The highest BCUT2D eigenvalue weighted by Gasteiger charge is 2.49. The monoisotopic (exact) mass is 272 g/mol. The molecule has 0 aromatic heterocycles. The smallest absolute Gasteiger partial charge is 0.246 e. The number of amides is 2. The van der Waals surface area contributed by atoms with Crippen LogP contribution in [0.25, 0.3) is 0 Å². The van der Waals surface area contributed by atoms with Crippen LogP contribution in [0.2, 0.25) is 0 Å². The summed E-state index contributed by atoms with van der Waals surface area (Å²) in [6, 6.07) is 9.92. The van der Waals surface area contributed by atoms with E-state index in [1.165, 1.54) is 0 Å². The minimum atomic E-state index is -0.608. The number of nitrogens with zero attached hydrogens (tertiary/aromatic N) is 1. The van der Waals surface area contributed by atoms with Gasteiger partial charge < -0.3 is 10.2 Å². The normalized spacial score (nSPS) is 21.9. The van der Waals surface area contributed by atoms with Gasteiger partial charge in [0.05, 0.1) is 6.54 Å². The molecule has 1 aliphatic heterocycles. The molecule has 106 valence electrons. The molecule has 2 fully saturated rings. The summed E-state index contributed by atoms with van der Waals surface area (Å²) in [5.41, 5.74) is 0.476. The molecule has 1 saturated carbocycles. The molecule has 0 radical (unpaired) electrons. The predicted molar refractivity (Wildman–Crippen MR) is 75.8 cm³/mol. The van der Waals surface area contributed by atoms with E-state index in [9.17, 15) is 9.59 Å². The number of benzene rings is 1. The van der Waals surface area contributed by atoms with Gasteiger partial charge in [-0.2, -0.15) is 0 Å². The van der Waals surface area contributed by atoms with Crippen LogP contribution in [0.5, 0.6) is 0 Å². The second-order valence-corrected chi connectivity index (χ2v) is 5.74. The van der Waals surface area contributed by atoms with Gasteiger partial charge in [0.15, 0.2) is 0 Å². The van der Waals surface area contributed by atoms with E-state index in [0.717, 1.165) is 37.7 Å². The molecule has 0 bridgehead atoms. The van der Waals surface area contributed by atoms with Crippen molar-refractivity contribution in [2.24, 2.45) is 0 Å². The van der Waals surface area contributed by atoms with Crippen molar-refractivity contribution in [2.75, 3.05) is 6.54 Å². The number of hydrogen-bond acceptors (Lipinski definition) is 2. The third-order valence-electron chi connectivity index (χ3n) is 4.50. The fourth-order valence-electron chi connectivity index (χ4n) is 3.42. The van der Waals surface area contributed by atoms with E-state index in [4.69, 9.17) is 0 Å². The lowest BCUT2D eigenvalue weighted by molar-refractivity contribution is -0.157. The van der Waals surface area contributed by atoms with Crippen molar-refractivity contribution >= 4 is 11.8 Å². The van der Waals surface area contributed by atoms with Gasteiger partial charge in [0, 0.05) is 6.54 Å². The van der Waals surface area contributed by atoms with Crippen LogP contribution in [0.4, 0.5) is 0 Å². The minimum Gasteiger partial charge on any atom is -0.345 e. The lowest BCUT2D eigenvalue weighted by Crippen LogP contribution is -2.67. The first-order chi connectivity index (χ1) is 9.72. The molecule has 2 aliphatic rings. The van der Waals surface area contributed by atoms with Crippen LogP contribution in [0.1, 0.15) is 37.7 Å². The van der Waals surface area contributed by atoms with E-state index in [0.29, 0.717) is 6.54 Å². The first kappa shape index (κ1) is 13.2. The molecular weight excluding hydrogens is 252 g/mol. The molecule has 0 unspecified atom stereocenters. The van der Waals surface area contributed by atoms with Gasteiger partial charge in [0.1, 0.15) is 5.54 Å². The Morgan fingerprint density at radius 3 is 2.45 bits per heavy atom. The van der Waals surface area contributed by atoms with Gasteiger partial charge in [-0.15, -0.1) is 0 Å². The fraction of sp³-hybridized carbons (Fsp3) is 0.500. The third-order valence-corrected chi connectivity index (χ3v) is 4.50. The first-order valence-electron chi connectivity index (χ1n) is 7.35. The zero-order valence-electron chi connectivity index (χ0n) is 11.6. The SMILES string of the molecule is O=C1CNC(=O)C2(CCCCC2)N1Cc1ccccc1. The lowest BCUT2D eigenvalue weighted by Gasteiger charge is -2.47. The summed E-state index contributed by atoms with van der Waals surface area (Å²) in [5.74, 6) is 0.0723. The number of carbonyl (C=O) groups excluding carboxylic acids is 2. The molecule has 1 aromatic carbocycles. The van der Waals surface area contributed by atoms with Crippen LogP contribution in [0.3, 0.4) is 0 Å². The number of piperazine rings is 1. The topological polar surface area (TPSA) is 49.4 Å². The number of hydrogen-bond donors (Lipinski definition) is 1. The van der Waals surface area contributed by atoms with E-state index in [2.05, 4.69) is 5.32 Å².